The number of amides is 2. The molecule has 2 aromatic rings. The summed E-state index contributed by atoms with van der Waals surface area (Å²) in [4.78, 5) is 16.6. The fourth-order valence-corrected chi connectivity index (χ4v) is 3.57. The molecule has 1 saturated heterocycles. The minimum Gasteiger partial charge on any atom is -0.454 e. The highest BCUT2D eigenvalue weighted by Crippen LogP contribution is 2.32. The normalized spacial score (nSPS) is 16.6. The van der Waals surface area contributed by atoms with Crippen LogP contribution in [0.4, 0.5) is 10.5 Å². The van der Waals surface area contributed by atoms with Gasteiger partial charge in [0.2, 0.25) is 6.79 Å². The molecule has 0 spiro atoms. The Balaban J connectivity index is 1.29. The molecule has 1 N–H and O–H groups in total. The van der Waals surface area contributed by atoms with Gasteiger partial charge in [-0.25, -0.2) is 4.79 Å². The number of hydrogen-bond acceptors (Lipinski definition) is 4. The van der Waals surface area contributed by atoms with Crippen LogP contribution in [-0.4, -0.2) is 48.8 Å². The average molecular weight is 418 g/mol. The Labute approximate surface area is 160 Å². The molecular formula is C19H20BrN3O3. The molecule has 6 nitrogen and oxygen atoms in total. The van der Waals surface area contributed by atoms with Gasteiger partial charge in [-0.3, -0.25) is 4.90 Å². The lowest BCUT2D eigenvalue weighted by Crippen LogP contribution is -2.49. The van der Waals surface area contributed by atoms with Crippen LogP contribution in [0.5, 0.6) is 11.5 Å². The maximum atomic E-state index is 12.4. The summed E-state index contributed by atoms with van der Waals surface area (Å²) in [5.74, 6) is 1.62. The van der Waals surface area contributed by atoms with Crippen LogP contribution in [0, 0.1) is 0 Å². The molecule has 0 bridgehead atoms. The highest BCUT2D eigenvalue weighted by Gasteiger charge is 2.22. The van der Waals surface area contributed by atoms with E-state index in [-0.39, 0.29) is 6.03 Å². The van der Waals surface area contributed by atoms with Gasteiger partial charge in [0.15, 0.2) is 11.5 Å². The van der Waals surface area contributed by atoms with Gasteiger partial charge >= 0.3 is 6.03 Å². The standard InChI is InChI=1S/C19H20BrN3O3/c20-15-2-1-3-16(11-15)21-19(24)23-8-6-22(7-9-23)12-14-4-5-17-18(10-14)26-13-25-17/h1-5,10-11H,6-9,12-13H2,(H,21,24). The molecule has 2 amide bonds. The largest absolute Gasteiger partial charge is 0.454 e. The Kier molecular flexibility index (Phi) is 4.99. The number of carbonyl (C=O) groups excluding carboxylic acids is 1. The van der Waals surface area contributed by atoms with E-state index in [9.17, 15) is 4.79 Å². The van der Waals surface area contributed by atoms with Gasteiger partial charge in [0.1, 0.15) is 0 Å². The number of anilines is 1. The zero-order chi connectivity index (χ0) is 17.9. The summed E-state index contributed by atoms with van der Waals surface area (Å²) >= 11 is 3.42. The summed E-state index contributed by atoms with van der Waals surface area (Å²) in [6.45, 7) is 4.26. The lowest BCUT2D eigenvalue weighted by atomic mass is 10.1. The van der Waals surface area contributed by atoms with Crippen molar-refractivity contribution in [2.45, 2.75) is 6.54 Å². The quantitative estimate of drug-likeness (QED) is 0.829. The number of hydrogen-bond donors (Lipinski definition) is 1. The van der Waals surface area contributed by atoms with Crippen LogP contribution in [0.3, 0.4) is 0 Å². The minimum atomic E-state index is -0.0502. The van der Waals surface area contributed by atoms with Gasteiger partial charge in [-0.2, -0.15) is 0 Å². The first-order valence-corrected chi connectivity index (χ1v) is 9.39. The molecule has 1 fully saturated rings. The van der Waals surface area contributed by atoms with Gasteiger partial charge in [0, 0.05) is 42.9 Å². The van der Waals surface area contributed by atoms with Crippen molar-refractivity contribution >= 4 is 27.6 Å². The van der Waals surface area contributed by atoms with E-state index in [1.807, 2.05) is 41.3 Å². The van der Waals surface area contributed by atoms with Crippen molar-refractivity contribution in [3.63, 3.8) is 0 Å². The van der Waals surface area contributed by atoms with Crippen LogP contribution in [0.15, 0.2) is 46.9 Å². The van der Waals surface area contributed by atoms with Crippen LogP contribution >= 0.6 is 15.9 Å². The number of carbonyl (C=O) groups is 1. The number of ether oxygens (including phenoxy) is 2. The Morgan fingerprint density at radius 2 is 1.85 bits per heavy atom. The average Bonchev–Trinajstić information content (AvgIpc) is 3.10. The smallest absolute Gasteiger partial charge is 0.321 e. The van der Waals surface area contributed by atoms with Crippen molar-refractivity contribution in [3.05, 3.63) is 52.5 Å². The zero-order valence-corrected chi connectivity index (χ0v) is 15.9. The first-order valence-electron chi connectivity index (χ1n) is 8.60. The Morgan fingerprint density at radius 1 is 1.04 bits per heavy atom. The molecule has 0 unspecified atom stereocenters. The second-order valence-electron chi connectivity index (χ2n) is 6.39. The third-order valence-electron chi connectivity index (χ3n) is 4.58. The summed E-state index contributed by atoms with van der Waals surface area (Å²) in [5.41, 5.74) is 1.99. The third kappa shape index (κ3) is 3.94. The highest BCUT2D eigenvalue weighted by atomic mass is 79.9. The lowest BCUT2D eigenvalue weighted by molar-refractivity contribution is 0.143. The van der Waals surface area contributed by atoms with Crippen molar-refractivity contribution in [1.82, 2.24) is 9.80 Å². The zero-order valence-electron chi connectivity index (χ0n) is 14.3. The predicted molar refractivity (Wildman–Crippen MR) is 103 cm³/mol. The molecular weight excluding hydrogens is 398 g/mol. The number of halogens is 1. The van der Waals surface area contributed by atoms with Gasteiger partial charge in [0.25, 0.3) is 0 Å². The predicted octanol–water partition coefficient (Wildman–Crippen LogP) is 3.53. The van der Waals surface area contributed by atoms with Gasteiger partial charge in [-0.05, 0) is 35.9 Å². The second kappa shape index (κ2) is 7.55. The van der Waals surface area contributed by atoms with Crippen molar-refractivity contribution in [1.29, 1.82) is 0 Å². The van der Waals surface area contributed by atoms with Crippen LogP contribution in [0.1, 0.15) is 5.56 Å². The van der Waals surface area contributed by atoms with Crippen LogP contribution in [0.25, 0.3) is 0 Å². The molecule has 136 valence electrons. The maximum absolute atomic E-state index is 12.4. The topological polar surface area (TPSA) is 54.0 Å². The van der Waals surface area contributed by atoms with Crippen molar-refractivity contribution < 1.29 is 14.3 Å². The van der Waals surface area contributed by atoms with Gasteiger partial charge in [-0.1, -0.05) is 28.1 Å². The fraction of sp³-hybridized carbons (Fsp3) is 0.316. The molecule has 2 aliphatic rings. The number of nitrogens with one attached hydrogen (secondary N) is 1. The van der Waals surface area contributed by atoms with Crippen molar-refractivity contribution in [2.75, 3.05) is 38.3 Å². The molecule has 2 heterocycles. The SMILES string of the molecule is O=C(Nc1cccc(Br)c1)N1CCN(Cc2ccc3c(c2)OCO3)CC1. The van der Waals surface area contributed by atoms with E-state index in [4.69, 9.17) is 9.47 Å². The minimum absolute atomic E-state index is 0.0502. The van der Waals surface area contributed by atoms with Crippen molar-refractivity contribution in [2.24, 2.45) is 0 Å². The van der Waals surface area contributed by atoms with Gasteiger partial charge < -0.3 is 19.7 Å². The summed E-state index contributed by atoms with van der Waals surface area (Å²) in [7, 11) is 0. The van der Waals surface area contributed by atoms with Crippen LogP contribution in [0.2, 0.25) is 0 Å². The molecule has 0 aliphatic carbocycles. The second-order valence-corrected chi connectivity index (χ2v) is 7.31. The summed E-state index contributed by atoms with van der Waals surface area (Å²) in [5, 5.41) is 2.95. The lowest BCUT2D eigenvalue weighted by Gasteiger charge is -2.34. The van der Waals surface area contributed by atoms with E-state index >= 15 is 0 Å². The van der Waals surface area contributed by atoms with Crippen molar-refractivity contribution in [3.8, 4) is 11.5 Å². The van der Waals surface area contributed by atoms with E-state index in [0.29, 0.717) is 19.9 Å². The Hall–Kier alpha value is -2.25. The molecule has 0 aromatic heterocycles. The number of piperazine rings is 1. The Morgan fingerprint density at radius 3 is 2.65 bits per heavy atom. The molecule has 2 aromatic carbocycles. The van der Waals surface area contributed by atoms with E-state index in [2.05, 4.69) is 32.2 Å². The van der Waals surface area contributed by atoms with E-state index in [1.54, 1.807) is 0 Å². The highest BCUT2D eigenvalue weighted by molar-refractivity contribution is 9.10. The molecule has 26 heavy (non-hydrogen) atoms. The van der Waals surface area contributed by atoms with Gasteiger partial charge in [-0.15, -0.1) is 0 Å². The molecule has 0 radical (unpaired) electrons. The summed E-state index contributed by atoms with van der Waals surface area (Å²) in [6.07, 6.45) is 0. The number of nitrogens with zero attached hydrogens (tertiary/aromatic N) is 2. The maximum Gasteiger partial charge on any atom is 0.321 e. The van der Waals surface area contributed by atoms with Gasteiger partial charge in [0.05, 0.1) is 0 Å². The molecule has 0 saturated carbocycles. The number of benzene rings is 2. The third-order valence-corrected chi connectivity index (χ3v) is 5.07. The fourth-order valence-electron chi connectivity index (χ4n) is 3.18. The molecule has 0 atom stereocenters. The van der Waals surface area contributed by atoms with Crippen LogP contribution in [-0.2, 0) is 6.54 Å². The van der Waals surface area contributed by atoms with E-state index in [1.165, 1.54) is 5.56 Å². The van der Waals surface area contributed by atoms with E-state index < -0.39 is 0 Å². The molecule has 7 heteroatoms. The monoisotopic (exact) mass is 417 g/mol. The van der Waals surface area contributed by atoms with Crippen LogP contribution < -0.4 is 14.8 Å². The Bertz CT molecular complexity index is 806. The first-order chi connectivity index (χ1) is 12.7. The molecule has 4 rings (SSSR count). The number of fused-ring (bicyclic) bond motifs is 1. The number of rotatable bonds is 3. The van der Waals surface area contributed by atoms with E-state index in [0.717, 1.165) is 41.3 Å². The summed E-state index contributed by atoms with van der Waals surface area (Å²) in [6, 6.07) is 13.6. The first kappa shape index (κ1) is 17.2. The summed E-state index contributed by atoms with van der Waals surface area (Å²) < 4.78 is 11.7. The number of urea groups is 1. The molecule has 2 aliphatic heterocycles.